The summed E-state index contributed by atoms with van der Waals surface area (Å²) in [6.07, 6.45) is 2.25. The van der Waals surface area contributed by atoms with Crippen LogP contribution in [0.3, 0.4) is 0 Å². The number of nitrogens with zero attached hydrogens (tertiary/aromatic N) is 3. The Kier molecular flexibility index (Phi) is 4.26. The van der Waals surface area contributed by atoms with Gasteiger partial charge < -0.3 is 9.80 Å². The van der Waals surface area contributed by atoms with Gasteiger partial charge in [-0.25, -0.2) is 0 Å². The largest absolute Gasteiger partial charge is 0.383 e. The number of nitro groups is 1. The number of carbonyl (C=O) groups excluding carboxylic acids is 1. The zero-order valence-electron chi connectivity index (χ0n) is 12.5. The van der Waals surface area contributed by atoms with E-state index >= 15 is 0 Å². The van der Waals surface area contributed by atoms with E-state index in [0.717, 1.165) is 16.8 Å². The van der Waals surface area contributed by atoms with Crippen molar-refractivity contribution in [2.45, 2.75) is 13.3 Å². The van der Waals surface area contributed by atoms with Gasteiger partial charge in [-0.05, 0) is 12.5 Å². The fourth-order valence-corrected chi connectivity index (χ4v) is 2.45. The number of Topliss-reactive ketones (excluding diaryl/α,β-unsaturated/α-hetero) is 1. The molecule has 0 amide bonds. The van der Waals surface area contributed by atoms with Gasteiger partial charge in [0.1, 0.15) is 0 Å². The van der Waals surface area contributed by atoms with Crippen molar-refractivity contribution < 1.29 is 9.72 Å². The molecule has 1 saturated heterocycles. The van der Waals surface area contributed by atoms with Gasteiger partial charge in [0.2, 0.25) is 0 Å². The summed E-state index contributed by atoms with van der Waals surface area (Å²) in [4.78, 5) is 26.3. The maximum atomic E-state index is 11.9. The summed E-state index contributed by atoms with van der Waals surface area (Å²) in [5.74, 6) is 0.142. The SMILES string of the molecule is Cc1ccc([N+](=O)[O-])cc1N1CCC(=O)/C(=C\N(C)C)C1. The van der Waals surface area contributed by atoms with Gasteiger partial charge in [0.25, 0.3) is 5.69 Å². The number of carbonyl (C=O) groups is 1. The Balaban J connectivity index is 2.32. The van der Waals surface area contributed by atoms with Crippen LogP contribution in [0.1, 0.15) is 12.0 Å². The van der Waals surface area contributed by atoms with E-state index in [-0.39, 0.29) is 11.5 Å². The Morgan fingerprint density at radius 2 is 2.10 bits per heavy atom. The fourth-order valence-electron chi connectivity index (χ4n) is 2.45. The van der Waals surface area contributed by atoms with Crippen molar-refractivity contribution in [2.75, 3.05) is 32.1 Å². The molecule has 6 heteroatoms. The van der Waals surface area contributed by atoms with Crippen molar-refractivity contribution in [2.24, 2.45) is 0 Å². The van der Waals surface area contributed by atoms with Gasteiger partial charge in [-0.3, -0.25) is 14.9 Å². The number of aryl methyl sites for hydroxylation is 1. The summed E-state index contributed by atoms with van der Waals surface area (Å²) in [6.45, 7) is 3.00. The third kappa shape index (κ3) is 3.39. The lowest BCUT2D eigenvalue weighted by Crippen LogP contribution is -2.36. The minimum atomic E-state index is -0.394. The van der Waals surface area contributed by atoms with E-state index in [1.807, 2.05) is 37.0 Å². The minimum absolute atomic E-state index is 0.0747. The van der Waals surface area contributed by atoms with Crippen LogP contribution >= 0.6 is 0 Å². The summed E-state index contributed by atoms with van der Waals surface area (Å²) < 4.78 is 0. The Morgan fingerprint density at radius 3 is 2.71 bits per heavy atom. The number of benzene rings is 1. The fraction of sp³-hybridized carbons (Fsp3) is 0.400. The van der Waals surface area contributed by atoms with E-state index < -0.39 is 4.92 Å². The second-order valence-electron chi connectivity index (χ2n) is 5.44. The van der Waals surface area contributed by atoms with Gasteiger partial charge in [-0.1, -0.05) is 6.07 Å². The van der Waals surface area contributed by atoms with Crippen molar-refractivity contribution in [1.29, 1.82) is 0 Å². The van der Waals surface area contributed by atoms with Crippen molar-refractivity contribution in [3.05, 3.63) is 45.6 Å². The van der Waals surface area contributed by atoms with Crippen LogP contribution in [0, 0.1) is 17.0 Å². The maximum Gasteiger partial charge on any atom is 0.271 e. The topological polar surface area (TPSA) is 66.7 Å². The predicted octanol–water partition coefficient (Wildman–Crippen LogP) is 2.13. The summed E-state index contributed by atoms with van der Waals surface area (Å²) in [5.41, 5.74) is 2.60. The third-order valence-electron chi connectivity index (χ3n) is 3.49. The second-order valence-corrected chi connectivity index (χ2v) is 5.44. The molecule has 0 atom stereocenters. The van der Waals surface area contributed by atoms with E-state index in [4.69, 9.17) is 0 Å². The Labute approximate surface area is 123 Å². The van der Waals surface area contributed by atoms with Crippen molar-refractivity contribution in [3.8, 4) is 0 Å². The second kappa shape index (κ2) is 5.95. The van der Waals surface area contributed by atoms with E-state index in [0.29, 0.717) is 19.5 Å². The van der Waals surface area contributed by atoms with Crippen LogP contribution in [0.25, 0.3) is 0 Å². The Bertz CT molecular complexity index is 608. The molecule has 2 rings (SSSR count). The molecule has 1 aliphatic rings. The van der Waals surface area contributed by atoms with Crippen LogP contribution in [0.4, 0.5) is 11.4 Å². The number of rotatable bonds is 3. The lowest BCUT2D eigenvalue weighted by atomic mass is 10.0. The monoisotopic (exact) mass is 289 g/mol. The number of non-ortho nitro benzene ring substituents is 1. The number of hydrogen-bond donors (Lipinski definition) is 0. The standard InChI is InChI=1S/C15H19N3O3/c1-11-4-5-13(18(20)21)8-14(11)17-7-6-15(19)12(10-17)9-16(2)3/h4-5,8-9H,6-7,10H2,1-3H3/b12-9-. The van der Waals surface area contributed by atoms with Crippen LogP contribution in [-0.4, -0.2) is 42.8 Å². The average molecular weight is 289 g/mol. The molecule has 0 spiro atoms. The van der Waals surface area contributed by atoms with Gasteiger partial charge in [0.05, 0.1) is 4.92 Å². The highest BCUT2D eigenvalue weighted by Gasteiger charge is 2.24. The number of piperidine rings is 1. The van der Waals surface area contributed by atoms with Crippen LogP contribution in [-0.2, 0) is 4.79 Å². The molecule has 0 aliphatic carbocycles. The first kappa shape index (κ1) is 15.0. The van der Waals surface area contributed by atoms with Crippen molar-refractivity contribution in [1.82, 2.24) is 4.90 Å². The summed E-state index contributed by atoms with van der Waals surface area (Å²) in [7, 11) is 3.75. The van der Waals surface area contributed by atoms with Gasteiger partial charge in [0, 0.05) is 63.2 Å². The smallest absolute Gasteiger partial charge is 0.271 e. The van der Waals surface area contributed by atoms with Crippen LogP contribution in [0.2, 0.25) is 0 Å². The number of ketones is 1. The molecule has 1 aliphatic heterocycles. The molecule has 0 radical (unpaired) electrons. The first-order valence-corrected chi connectivity index (χ1v) is 6.79. The first-order chi connectivity index (χ1) is 9.88. The van der Waals surface area contributed by atoms with Gasteiger partial charge >= 0.3 is 0 Å². The molecule has 0 N–H and O–H groups in total. The van der Waals surface area contributed by atoms with E-state index in [1.165, 1.54) is 6.07 Å². The Hall–Kier alpha value is -2.37. The van der Waals surface area contributed by atoms with Crippen LogP contribution < -0.4 is 4.90 Å². The first-order valence-electron chi connectivity index (χ1n) is 6.79. The zero-order valence-corrected chi connectivity index (χ0v) is 12.5. The quantitative estimate of drug-likeness (QED) is 0.484. The average Bonchev–Trinajstić information content (AvgIpc) is 2.41. The highest BCUT2D eigenvalue weighted by molar-refractivity contribution is 5.97. The molecule has 1 aromatic carbocycles. The van der Waals surface area contributed by atoms with Crippen LogP contribution in [0.15, 0.2) is 30.0 Å². The lowest BCUT2D eigenvalue weighted by Gasteiger charge is -2.31. The minimum Gasteiger partial charge on any atom is -0.383 e. The predicted molar refractivity (Wildman–Crippen MR) is 81.4 cm³/mol. The van der Waals surface area contributed by atoms with E-state index in [1.54, 1.807) is 12.1 Å². The highest BCUT2D eigenvalue weighted by Crippen LogP contribution is 2.28. The molecular weight excluding hydrogens is 270 g/mol. The van der Waals surface area contributed by atoms with Gasteiger partial charge in [0.15, 0.2) is 5.78 Å². The zero-order chi connectivity index (χ0) is 15.6. The molecule has 6 nitrogen and oxygen atoms in total. The van der Waals surface area contributed by atoms with Crippen LogP contribution in [0.5, 0.6) is 0 Å². The molecule has 1 heterocycles. The maximum absolute atomic E-state index is 11.9. The molecule has 0 unspecified atom stereocenters. The number of nitro benzene ring substituents is 1. The molecule has 1 aromatic rings. The summed E-state index contributed by atoms with van der Waals surface area (Å²) in [6, 6.07) is 4.84. The molecule has 0 saturated carbocycles. The van der Waals surface area contributed by atoms with E-state index in [2.05, 4.69) is 0 Å². The number of hydrogen-bond acceptors (Lipinski definition) is 5. The van der Waals surface area contributed by atoms with E-state index in [9.17, 15) is 14.9 Å². The lowest BCUT2D eigenvalue weighted by molar-refractivity contribution is -0.384. The summed E-state index contributed by atoms with van der Waals surface area (Å²) in [5, 5.41) is 10.9. The molecule has 21 heavy (non-hydrogen) atoms. The molecule has 0 bridgehead atoms. The third-order valence-corrected chi connectivity index (χ3v) is 3.49. The molecular formula is C15H19N3O3. The van der Waals surface area contributed by atoms with Gasteiger partial charge in [-0.2, -0.15) is 0 Å². The van der Waals surface area contributed by atoms with Crippen molar-refractivity contribution >= 4 is 17.2 Å². The molecule has 0 aromatic heterocycles. The summed E-state index contributed by atoms with van der Waals surface area (Å²) >= 11 is 0. The molecule has 112 valence electrons. The Morgan fingerprint density at radius 1 is 1.38 bits per heavy atom. The van der Waals surface area contributed by atoms with Crippen molar-refractivity contribution in [3.63, 3.8) is 0 Å². The molecule has 1 fully saturated rings. The normalized spacial score (nSPS) is 17.2. The van der Waals surface area contributed by atoms with Gasteiger partial charge in [-0.15, -0.1) is 0 Å². The highest BCUT2D eigenvalue weighted by atomic mass is 16.6. The number of anilines is 1.